The summed E-state index contributed by atoms with van der Waals surface area (Å²) < 4.78 is 29.5. The van der Waals surface area contributed by atoms with Gasteiger partial charge in [-0.2, -0.15) is 5.11 Å². The van der Waals surface area contributed by atoms with Crippen LogP contribution in [0, 0.1) is 0 Å². The number of nitrogens with one attached hydrogen (secondary N) is 2. The van der Waals surface area contributed by atoms with Crippen molar-refractivity contribution in [3.8, 4) is 0 Å². The van der Waals surface area contributed by atoms with Crippen LogP contribution in [0.2, 0.25) is 0 Å². The number of amides is 1. The Bertz CT molecular complexity index is 740. The van der Waals surface area contributed by atoms with E-state index < -0.39 is 14.8 Å². The quantitative estimate of drug-likeness (QED) is 0.515. The molecule has 1 unspecified atom stereocenters. The maximum atomic E-state index is 12.0. The van der Waals surface area contributed by atoms with Crippen molar-refractivity contribution in [3.05, 3.63) is 29.8 Å². The molecule has 9 heteroatoms. The number of carbonyl (C=O) groups is 1. The van der Waals surface area contributed by atoms with Gasteiger partial charge in [-0.1, -0.05) is 12.1 Å². The van der Waals surface area contributed by atoms with Crippen molar-refractivity contribution >= 4 is 33.6 Å². The highest BCUT2D eigenvalue weighted by Gasteiger charge is 2.27. The molecule has 0 saturated carbocycles. The number of unbranched alkanes of at least 4 members (excludes halogenated alkanes) is 1. The molecule has 0 bridgehead atoms. The van der Waals surface area contributed by atoms with Crippen LogP contribution in [0.25, 0.3) is 0 Å². The highest BCUT2D eigenvalue weighted by atomic mass is 32.2. The number of sulfonamides is 1. The van der Waals surface area contributed by atoms with E-state index in [2.05, 4.69) is 19.7 Å². The van der Waals surface area contributed by atoms with E-state index in [1.165, 1.54) is 11.9 Å². The molecular weight excluding hydrogens is 372 g/mol. The number of rotatable bonds is 8. The van der Waals surface area contributed by atoms with Crippen LogP contribution in [0.4, 0.5) is 5.69 Å². The van der Waals surface area contributed by atoms with Crippen molar-refractivity contribution in [3.63, 3.8) is 0 Å². The maximum absolute atomic E-state index is 12.0. The monoisotopic (exact) mass is 398 g/mol. The number of benzene rings is 1. The van der Waals surface area contributed by atoms with Gasteiger partial charge in [-0.05, 0) is 63.3 Å². The zero-order chi connectivity index (χ0) is 19.2. The molecule has 7 nitrogen and oxygen atoms in total. The fourth-order valence-electron chi connectivity index (χ4n) is 2.24. The summed E-state index contributed by atoms with van der Waals surface area (Å²) in [7, 11) is -3.32. The minimum Gasteiger partial charge on any atom is -0.326 e. The smallest absolute Gasteiger partial charge is 0.224 e. The Hall–Kier alpha value is -1.45. The molecule has 0 radical (unpaired) electrons. The molecule has 144 valence electrons. The first-order chi connectivity index (χ1) is 12.2. The lowest BCUT2D eigenvalue weighted by molar-refractivity contribution is -0.116. The first kappa shape index (κ1) is 20.9. The summed E-state index contributed by atoms with van der Waals surface area (Å²) in [6.07, 6.45) is 1.59. The summed E-state index contributed by atoms with van der Waals surface area (Å²) in [5, 5.41) is 6.99. The van der Waals surface area contributed by atoms with E-state index >= 15 is 0 Å². The van der Waals surface area contributed by atoms with Gasteiger partial charge in [0.25, 0.3) is 0 Å². The molecule has 1 aliphatic rings. The summed E-state index contributed by atoms with van der Waals surface area (Å²) in [6, 6.07) is 7.73. The lowest BCUT2D eigenvalue weighted by Crippen LogP contribution is -2.39. The van der Waals surface area contributed by atoms with Crippen LogP contribution < -0.4 is 10.0 Å². The standard InChI is InChI=1S/C17H26N4O3S2/c1-17(2,3)26(23,24)18-11-5-4-6-16(22)19-14-9-7-13(8-10-14)15-12-25-21-20-15/h7-10,15,18H,4-6,11-12H2,1-3H3,(H,19,22). The average molecular weight is 399 g/mol. The molecule has 1 aromatic carbocycles. The molecule has 0 aromatic heterocycles. The first-order valence-electron chi connectivity index (χ1n) is 8.60. The molecular formula is C17H26N4O3S2. The molecule has 1 aromatic rings. The van der Waals surface area contributed by atoms with Crippen LogP contribution in [-0.4, -0.2) is 31.4 Å². The fraction of sp³-hybridized carbons (Fsp3) is 0.588. The number of hydrogen-bond donors (Lipinski definition) is 2. The Balaban J connectivity index is 1.68. The molecule has 0 spiro atoms. The summed E-state index contributed by atoms with van der Waals surface area (Å²) in [5.41, 5.74) is 1.83. The van der Waals surface area contributed by atoms with E-state index in [9.17, 15) is 13.2 Å². The van der Waals surface area contributed by atoms with Crippen molar-refractivity contribution < 1.29 is 13.2 Å². The Kier molecular flexibility index (Phi) is 7.19. The lowest BCUT2D eigenvalue weighted by atomic mass is 10.1. The van der Waals surface area contributed by atoms with Gasteiger partial charge in [0.1, 0.15) is 6.04 Å². The van der Waals surface area contributed by atoms with Crippen molar-refractivity contribution in [2.75, 3.05) is 17.6 Å². The Labute approximate surface area is 159 Å². The molecule has 1 aliphatic heterocycles. The van der Waals surface area contributed by atoms with E-state index in [1.54, 1.807) is 20.8 Å². The van der Waals surface area contributed by atoms with E-state index in [0.717, 1.165) is 17.0 Å². The van der Waals surface area contributed by atoms with Gasteiger partial charge in [0.2, 0.25) is 15.9 Å². The van der Waals surface area contributed by atoms with Crippen LogP contribution in [0.5, 0.6) is 0 Å². The minimum atomic E-state index is -3.32. The van der Waals surface area contributed by atoms with Gasteiger partial charge in [-0.25, -0.2) is 13.1 Å². The lowest BCUT2D eigenvalue weighted by Gasteiger charge is -2.19. The SMILES string of the molecule is CC(C)(C)S(=O)(=O)NCCCCC(=O)Nc1ccc(C2CSN=N2)cc1. The van der Waals surface area contributed by atoms with E-state index in [0.29, 0.717) is 25.8 Å². The van der Waals surface area contributed by atoms with Crippen molar-refractivity contribution in [2.24, 2.45) is 9.63 Å². The topological polar surface area (TPSA) is 100.0 Å². The summed E-state index contributed by atoms with van der Waals surface area (Å²) in [6.45, 7) is 5.31. The third-order valence-corrected chi connectivity index (χ3v) is 6.86. The zero-order valence-electron chi connectivity index (χ0n) is 15.4. The van der Waals surface area contributed by atoms with Gasteiger partial charge in [0.05, 0.1) is 4.75 Å². The van der Waals surface area contributed by atoms with Crippen LogP contribution in [0.15, 0.2) is 33.9 Å². The van der Waals surface area contributed by atoms with Crippen LogP contribution in [0.3, 0.4) is 0 Å². The summed E-state index contributed by atoms with van der Waals surface area (Å²) in [5.74, 6) is 0.776. The Morgan fingerprint density at radius 2 is 1.92 bits per heavy atom. The van der Waals surface area contributed by atoms with Gasteiger partial charge < -0.3 is 5.32 Å². The van der Waals surface area contributed by atoms with Gasteiger partial charge in [-0.15, -0.1) is 4.52 Å². The molecule has 0 aliphatic carbocycles. The van der Waals surface area contributed by atoms with Crippen LogP contribution in [0.1, 0.15) is 51.6 Å². The molecule has 26 heavy (non-hydrogen) atoms. The number of carbonyl (C=O) groups excluding carboxylic acids is 1. The van der Waals surface area contributed by atoms with E-state index in [-0.39, 0.29) is 11.9 Å². The van der Waals surface area contributed by atoms with Gasteiger partial charge in [0.15, 0.2) is 0 Å². The first-order valence-corrected chi connectivity index (χ1v) is 11.0. The van der Waals surface area contributed by atoms with Crippen molar-refractivity contribution in [1.82, 2.24) is 4.72 Å². The molecule has 2 N–H and O–H groups in total. The predicted molar refractivity (Wildman–Crippen MR) is 106 cm³/mol. The normalized spacial score (nSPS) is 17.4. The third kappa shape index (κ3) is 6.07. The molecule has 0 fully saturated rings. The second-order valence-corrected chi connectivity index (χ2v) is 10.4. The summed E-state index contributed by atoms with van der Waals surface area (Å²) >= 11 is 1.45. The highest BCUT2D eigenvalue weighted by Crippen LogP contribution is 2.30. The predicted octanol–water partition coefficient (Wildman–Crippen LogP) is 3.67. The van der Waals surface area contributed by atoms with Crippen LogP contribution in [-0.2, 0) is 14.8 Å². The Morgan fingerprint density at radius 3 is 2.50 bits per heavy atom. The second kappa shape index (κ2) is 8.96. The van der Waals surface area contributed by atoms with E-state index in [1.807, 2.05) is 24.3 Å². The molecule has 0 saturated heterocycles. The molecule has 2 rings (SSSR count). The number of hydrogen-bond acceptors (Lipinski definition) is 6. The molecule has 1 amide bonds. The fourth-order valence-corrected chi connectivity index (χ4v) is 3.73. The zero-order valence-corrected chi connectivity index (χ0v) is 17.0. The van der Waals surface area contributed by atoms with Crippen LogP contribution >= 0.6 is 11.9 Å². The number of anilines is 1. The summed E-state index contributed by atoms with van der Waals surface area (Å²) in [4.78, 5) is 12.0. The highest BCUT2D eigenvalue weighted by molar-refractivity contribution is 7.98. The van der Waals surface area contributed by atoms with Gasteiger partial charge in [0, 0.05) is 24.4 Å². The Morgan fingerprint density at radius 1 is 1.23 bits per heavy atom. The molecule has 1 heterocycles. The number of nitrogens with zero attached hydrogens (tertiary/aromatic N) is 2. The van der Waals surface area contributed by atoms with Gasteiger partial charge in [-0.3, -0.25) is 4.79 Å². The average Bonchev–Trinajstić information content (AvgIpc) is 3.08. The second-order valence-electron chi connectivity index (χ2n) is 7.15. The van der Waals surface area contributed by atoms with Crippen molar-refractivity contribution in [1.29, 1.82) is 0 Å². The molecule has 1 atom stereocenters. The minimum absolute atomic E-state index is 0.0764. The maximum Gasteiger partial charge on any atom is 0.224 e. The third-order valence-electron chi connectivity index (χ3n) is 3.98. The van der Waals surface area contributed by atoms with Gasteiger partial charge >= 0.3 is 0 Å². The van der Waals surface area contributed by atoms with Crippen molar-refractivity contribution in [2.45, 2.75) is 50.8 Å². The van der Waals surface area contributed by atoms with E-state index in [4.69, 9.17) is 0 Å². The largest absolute Gasteiger partial charge is 0.326 e.